The van der Waals surface area contributed by atoms with Gasteiger partial charge in [0.25, 0.3) is 0 Å². The van der Waals surface area contributed by atoms with Crippen molar-refractivity contribution in [1.82, 2.24) is 40.8 Å². The minimum Gasteiger partial charge on any atom is -0.453 e. The summed E-state index contributed by atoms with van der Waals surface area (Å²) >= 11 is 0. The Bertz CT molecular complexity index is 2190. The third-order valence-corrected chi connectivity index (χ3v) is 11.3. The van der Waals surface area contributed by atoms with Crippen LogP contribution in [0.3, 0.4) is 0 Å². The van der Waals surface area contributed by atoms with Gasteiger partial charge in [-0.2, -0.15) is 0 Å². The molecule has 4 heterocycles. The van der Waals surface area contributed by atoms with Gasteiger partial charge in [-0.1, -0.05) is 43.9 Å². The van der Waals surface area contributed by atoms with E-state index in [-0.39, 0.29) is 30.3 Å². The fraction of sp³-hybridized carbons (Fsp3) is 0.489. The van der Waals surface area contributed by atoms with E-state index in [9.17, 15) is 19.2 Å². The summed E-state index contributed by atoms with van der Waals surface area (Å²) in [6.07, 6.45) is 11.3. The largest absolute Gasteiger partial charge is 0.453 e. The van der Waals surface area contributed by atoms with Gasteiger partial charge in [-0.3, -0.25) is 9.59 Å². The number of hydrogen-bond donors (Lipinski definition) is 5. The molecule has 0 radical (unpaired) electrons. The summed E-state index contributed by atoms with van der Waals surface area (Å²) in [5.74, 6) is 7.85. The summed E-state index contributed by atoms with van der Waals surface area (Å²) in [5.41, 5.74) is 8.11. The SMILES string of the molecule is C1CCOCC1.COC(=O)NCC(=O)NCCCCc1ncc(-c2ccc(C#Cc3ccc4c(c3)CCCc3[nH]c(C5CCCN5C(=O)C(NC(=O)OC)C(C)C)nc3-4)cc2)[nH]1. The number of carbonyl (C=O) groups is 4. The molecule has 5 N–H and O–H groups in total. The number of amides is 4. The number of imidazole rings is 2. The van der Waals surface area contributed by atoms with E-state index in [0.717, 1.165) is 116 Å². The van der Waals surface area contributed by atoms with Crippen LogP contribution in [-0.2, 0) is 43.1 Å². The molecule has 62 heavy (non-hydrogen) atoms. The van der Waals surface area contributed by atoms with Gasteiger partial charge >= 0.3 is 12.2 Å². The van der Waals surface area contributed by atoms with E-state index in [1.54, 1.807) is 0 Å². The lowest BCUT2D eigenvalue weighted by atomic mass is 9.99. The number of aromatic amines is 2. The number of alkyl carbamates (subject to hydrolysis) is 2. The zero-order chi connectivity index (χ0) is 43.8. The van der Waals surface area contributed by atoms with Crippen molar-refractivity contribution in [2.45, 2.75) is 96.6 Å². The van der Waals surface area contributed by atoms with E-state index >= 15 is 0 Å². The van der Waals surface area contributed by atoms with E-state index in [4.69, 9.17) is 14.5 Å². The lowest BCUT2D eigenvalue weighted by Gasteiger charge is -2.30. The van der Waals surface area contributed by atoms with Gasteiger partial charge in [-0.05, 0) is 106 Å². The van der Waals surface area contributed by atoms with Gasteiger partial charge in [-0.15, -0.1) is 0 Å². The first kappa shape index (κ1) is 45.4. The zero-order valence-corrected chi connectivity index (χ0v) is 36.4. The van der Waals surface area contributed by atoms with E-state index in [2.05, 4.69) is 59.6 Å². The number of fused-ring (bicyclic) bond motifs is 3. The number of nitrogens with zero attached hydrogens (tertiary/aromatic N) is 3. The second kappa shape index (κ2) is 22.6. The quantitative estimate of drug-likeness (QED) is 0.0795. The third-order valence-electron chi connectivity index (χ3n) is 11.3. The number of carbonyl (C=O) groups excluding carboxylic acids is 4. The molecule has 2 aliphatic heterocycles. The van der Waals surface area contributed by atoms with Crippen LogP contribution >= 0.6 is 0 Å². The monoisotopic (exact) mass is 848 g/mol. The van der Waals surface area contributed by atoms with Crippen LogP contribution in [0.25, 0.3) is 22.5 Å². The standard InChI is InChI=1S/C42H50N8O6.C5H10O/c1-26(2)37(49-42(54)56-4)40(52)50-22-8-11-34(50)39-47-32-10-7-9-30-23-28(17-20-31(30)38(32)48-39)14-13-27-15-18-29(19-16-27)33-24-44-35(46-33)12-5-6-21-43-36(51)25-45-41(53)55-3;1-2-4-6-5-3-1/h15-20,23-24,26,34,37H,5-12,21-22,25H2,1-4H3,(H,43,51)(H,44,46)(H,45,53)(H,47,48)(H,49,54);1-5H2. The minimum absolute atomic E-state index is 0.0978. The average Bonchev–Trinajstić information content (AvgIpc) is 4.06. The van der Waals surface area contributed by atoms with E-state index in [0.29, 0.717) is 13.1 Å². The van der Waals surface area contributed by atoms with Gasteiger partial charge in [0.15, 0.2) is 0 Å². The number of H-pyrrole nitrogens is 2. The summed E-state index contributed by atoms with van der Waals surface area (Å²) in [6.45, 7) is 6.84. The number of aryl methyl sites for hydroxylation is 3. The van der Waals surface area contributed by atoms with Gasteiger partial charge in [0.1, 0.15) is 17.7 Å². The van der Waals surface area contributed by atoms with Crippen molar-refractivity contribution < 1.29 is 33.4 Å². The highest BCUT2D eigenvalue weighted by Gasteiger charge is 2.38. The third kappa shape index (κ3) is 12.5. The molecule has 2 fully saturated rings. The second-order valence-electron chi connectivity index (χ2n) is 16.1. The summed E-state index contributed by atoms with van der Waals surface area (Å²) in [5, 5.41) is 7.85. The number of aromatic nitrogens is 4. The van der Waals surface area contributed by atoms with Gasteiger partial charge in [-0.25, -0.2) is 19.6 Å². The van der Waals surface area contributed by atoms with Crippen LogP contribution in [-0.4, -0.2) is 102 Å². The van der Waals surface area contributed by atoms with Gasteiger partial charge in [0.05, 0.1) is 44.4 Å². The maximum absolute atomic E-state index is 13.7. The highest BCUT2D eigenvalue weighted by Crippen LogP contribution is 2.37. The van der Waals surface area contributed by atoms with Gasteiger partial charge in [0.2, 0.25) is 11.8 Å². The topological polar surface area (TPSA) is 193 Å². The molecule has 0 saturated carbocycles. The fourth-order valence-electron chi connectivity index (χ4n) is 7.88. The second-order valence-corrected chi connectivity index (χ2v) is 16.1. The fourth-order valence-corrected chi connectivity index (χ4v) is 7.88. The van der Waals surface area contributed by atoms with Crippen LogP contribution < -0.4 is 16.0 Å². The average molecular weight is 849 g/mol. The number of unbranched alkanes of at least 4 members (excludes halogenated alkanes) is 1. The molecular weight excluding hydrogens is 789 g/mol. The molecular formula is C47H60N8O7. The van der Waals surface area contributed by atoms with Crippen molar-refractivity contribution in [2.24, 2.45) is 5.92 Å². The summed E-state index contributed by atoms with van der Waals surface area (Å²) in [4.78, 5) is 67.0. The molecule has 3 aliphatic rings. The number of likely N-dealkylation sites (tertiary alicyclic amines) is 1. The minimum atomic E-state index is -0.679. The summed E-state index contributed by atoms with van der Waals surface area (Å²) in [7, 11) is 2.55. The molecule has 2 aromatic carbocycles. The Hall–Kier alpha value is -6.14. The Morgan fingerprint density at radius 3 is 2.35 bits per heavy atom. The Balaban J connectivity index is 0.000000983. The predicted octanol–water partition coefficient (Wildman–Crippen LogP) is 6.38. The summed E-state index contributed by atoms with van der Waals surface area (Å²) in [6, 6.07) is 13.5. The molecule has 2 atom stereocenters. The molecule has 7 rings (SSSR count). The van der Waals surface area contributed by atoms with E-state index in [1.165, 1.54) is 39.0 Å². The maximum Gasteiger partial charge on any atom is 0.407 e. The lowest BCUT2D eigenvalue weighted by molar-refractivity contribution is -0.135. The number of ether oxygens (including phenoxy) is 3. The maximum atomic E-state index is 13.7. The Labute approximate surface area is 363 Å². The molecule has 0 bridgehead atoms. The Morgan fingerprint density at radius 2 is 1.65 bits per heavy atom. The van der Waals surface area contributed by atoms with Gasteiger partial charge in [0, 0.05) is 55.1 Å². The normalized spacial score (nSPS) is 16.0. The first-order chi connectivity index (χ1) is 30.1. The molecule has 15 nitrogen and oxygen atoms in total. The van der Waals surface area contributed by atoms with Crippen molar-refractivity contribution >= 4 is 24.0 Å². The van der Waals surface area contributed by atoms with Crippen LogP contribution in [0.5, 0.6) is 0 Å². The van der Waals surface area contributed by atoms with Crippen LogP contribution in [0.2, 0.25) is 0 Å². The predicted molar refractivity (Wildman–Crippen MR) is 235 cm³/mol. The van der Waals surface area contributed by atoms with E-state index in [1.807, 2.05) is 55.3 Å². The molecule has 15 heteroatoms. The van der Waals surface area contributed by atoms with Crippen molar-refractivity contribution in [3.8, 4) is 34.4 Å². The van der Waals surface area contributed by atoms with Crippen LogP contribution in [0.1, 0.15) is 105 Å². The van der Waals surface area contributed by atoms with Crippen molar-refractivity contribution in [3.05, 3.63) is 82.7 Å². The Morgan fingerprint density at radius 1 is 0.887 bits per heavy atom. The van der Waals surface area contributed by atoms with E-state index < -0.39 is 18.2 Å². The van der Waals surface area contributed by atoms with Crippen molar-refractivity contribution in [2.75, 3.05) is 47.1 Å². The smallest absolute Gasteiger partial charge is 0.407 e. The number of rotatable bonds is 12. The number of nitrogens with one attached hydrogen (secondary N) is 5. The zero-order valence-electron chi connectivity index (χ0n) is 36.4. The molecule has 4 aromatic rings. The molecule has 2 aromatic heterocycles. The first-order valence-corrected chi connectivity index (χ1v) is 21.8. The summed E-state index contributed by atoms with van der Waals surface area (Å²) < 4.78 is 14.3. The van der Waals surface area contributed by atoms with Crippen molar-refractivity contribution in [3.63, 3.8) is 0 Å². The van der Waals surface area contributed by atoms with Crippen LogP contribution in [0.15, 0.2) is 48.7 Å². The Kier molecular flexibility index (Phi) is 16.6. The van der Waals surface area contributed by atoms with Gasteiger partial charge < -0.3 is 45.0 Å². The lowest BCUT2D eigenvalue weighted by Crippen LogP contribution is -2.51. The molecule has 0 spiro atoms. The number of hydrogen-bond acceptors (Lipinski definition) is 9. The molecule has 2 saturated heterocycles. The molecule has 1 aliphatic carbocycles. The van der Waals surface area contributed by atoms with Crippen LogP contribution in [0, 0.1) is 17.8 Å². The van der Waals surface area contributed by atoms with Crippen molar-refractivity contribution in [1.29, 1.82) is 0 Å². The van der Waals surface area contributed by atoms with Crippen LogP contribution in [0.4, 0.5) is 9.59 Å². The number of methoxy groups -OCH3 is 2. The first-order valence-electron chi connectivity index (χ1n) is 21.8. The highest BCUT2D eigenvalue weighted by molar-refractivity contribution is 5.86. The molecule has 330 valence electrons. The highest BCUT2D eigenvalue weighted by atomic mass is 16.5. The molecule has 2 unspecified atom stereocenters. The number of benzene rings is 2. The molecule has 4 amide bonds.